The topological polar surface area (TPSA) is 67.3 Å². The average molecular weight is 344 g/mol. The van der Waals surface area contributed by atoms with E-state index in [0.717, 1.165) is 22.2 Å². The van der Waals surface area contributed by atoms with Crippen LogP contribution in [0.3, 0.4) is 0 Å². The van der Waals surface area contributed by atoms with Gasteiger partial charge in [-0.3, -0.25) is 4.79 Å². The van der Waals surface area contributed by atoms with Crippen LogP contribution in [0.4, 0.5) is 8.78 Å². The molecule has 9 heteroatoms. The third-order valence-corrected chi connectivity index (χ3v) is 6.28. The number of thiazole rings is 1. The molecular weight excluding hydrogens is 334 g/mol. The van der Waals surface area contributed by atoms with Crippen molar-refractivity contribution in [2.24, 2.45) is 0 Å². The Labute approximate surface area is 129 Å². The Balaban J connectivity index is 1.90. The number of rotatable bonds is 3. The van der Waals surface area contributed by atoms with Crippen molar-refractivity contribution in [3.8, 4) is 0 Å². The van der Waals surface area contributed by atoms with Crippen molar-refractivity contribution in [3.63, 3.8) is 0 Å². The summed E-state index contributed by atoms with van der Waals surface area (Å²) in [4.78, 5) is 16.3. The van der Waals surface area contributed by atoms with E-state index in [1.54, 1.807) is 24.3 Å². The molecule has 1 aromatic carbocycles. The minimum absolute atomic E-state index is 0.0298. The molecule has 5 nitrogen and oxygen atoms in total. The van der Waals surface area contributed by atoms with Gasteiger partial charge < -0.3 is 4.90 Å². The average Bonchev–Trinajstić information content (AvgIpc) is 3.15. The molecule has 1 aromatic heterocycles. The van der Waals surface area contributed by atoms with Crippen LogP contribution in [0.1, 0.15) is 11.1 Å². The number of hydrogen-bond donors (Lipinski definition) is 0. The van der Waals surface area contributed by atoms with Gasteiger partial charge in [0.25, 0.3) is 9.84 Å². The quantitative estimate of drug-likeness (QED) is 0.855. The normalized spacial score (nSPS) is 14.9. The zero-order chi connectivity index (χ0) is 16.0. The van der Waals surface area contributed by atoms with Crippen molar-refractivity contribution in [3.05, 3.63) is 47.0 Å². The summed E-state index contributed by atoms with van der Waals surface area (Å²) >= 11 is 0.554. The van der Waals surface area contributed by atoms with Crippen LogP contribution >= 0.6 is 11.3 Å². The standard InChI is InChI=1S/C13H10F2N2O3S2/c14-13(15,22(19,20)12-16-5-6-21-12)11(18)17-7-9-3-1-2-4-10(9)8-17/h1-6H,7-8H2. The summed E-state index contributed by atoms with van der Waals surface area (Å²) in [6.45, 7) is -0.0596. The highest BCUT2D eigenvalue weighted by Crippen LogP contribution is 2.34. The Kier molecular flexibility index (Phi) is 3.48. The highest BCUT2D eigenvalue weighted by atomic mass is 32.2. The fourth-order valence-corrected chi connectivity index (χ4v) is 4.35. The maximum Gasteiger partial charge on any atom is 0.428 e. The largest absolute Gasteiger partial charge is 0.428 e. The molecule has 0 unspecified atom stereocenters. The van der Waals surface area contributed by atoms with Gasteiger partial charge in [-0.05, 0) is 11.1 Å². The number of aromatic nitrogens is 1. The van der Waals surface area contributed by atoms with Crippen LogP contribution in [0.25, 0.3) is 0 Å². The monoisotopic (exact) mass is 344 g/mol. The summed E-state index contributed by atoms with van der Waals surface area (Å²) in [5.41, 5.74) is 1.47. The molecule has 1 aliphatic heterocycles. The number of fused-ring (bicyclic) bond motifs is 1. The molecule has 0 radical (unpaired) electrons. The summed E-state index contributed by atoms with van der Waals surface area (Å²) in [6, 6.07) is 6.90. The number of halogens is 2. The molecule has 1 amide bonds. The SMILES string of the molecule is O=C(N1Cc2ccccc2C1)C(F)(F)S(=O)(=O)c1nccs1. The van der Waals surface area contributed by atoms with Crippen molar-refractivity contribution in [2.75, 3.05) is 0 Å². The molecule has 2 aromatic rings. The van der Waals surface area contributed by atoms with Crippen LogP contribution in [0.2, 0.25) is 0 Å². The maximum absolute atomic E-state index is 14.2. The van der Waals surface area contributed by atoms with E-state index in [1.807, 2.05) is 0 Å². The van der Waals surface area contributed by atoms with Crippen LogP contribution in [-0.4, -0.2) is 29.5 Å². The van der Waals surface area contributed by atoms with Gasteiger partial charge >= 0.3 is 11.2 Å². The van der Waals surface area contributed by atoms with Gasteiger partial charge in [-0.25, -0.2) is 13.4 Å². The molecule has 0 bridgehead atoms. The van der Waals surface area contributed by atoms with Crippen LogP contribution in [0, 0.1) is 0 Å². The Morgan fingerprint density at radius 1 is 1.23 bits per heavy atom. The Bertz CT molecular complexity index is 795. The van der Waals surface area contributed by atoms with E-state index in [9.17, 15) is 22.0 Å². The third-order valence-electron chi connectivity index (χ3n) is 3.35. The number of alkyl halides is 2. The molecule has 0 fully saturated rings. The van der Waals surface area contributed by atoms with Crippen LogP contribution < -0.4 is 0 Å². The smallest absolute Gasteiger partial charge is 0.328 e. The second-order valence-corrected chi connectivity index (χ2v) is 7.81. The lowest BCUT2D eigenvalue weighted by Crippen LogP contribution is -2.46. The zero-order valence-corrected chi connectivity index (χ0v) is 12.7. The fourth-order valence-electron chi connectivity index (χ4n) is 2.23. The second kappa shape index (κ2) is 5.10. The van der Waals surface area contributed by atoms with Gasteiger partial charge in [0.15, 0.2) is 0 Å². The van der Waals surface area contributed by atoms with Gasteiger partial charge in [-0.1, -0.05) is 24.3 Å². The molecule has 22 heavy (non-hydrogen) atoms. The van der Waals surface area contributed by atoms with E-state index in [1.165, 1.54) is 5.38 Å². The first-order valence-electron chi connectivity index (χ1n) is 6.22. The van der Waals surface area contributed by atoms with Gasteiger partial charge in [-0.2, -0.15) is 8.78 Å². The number of carbonyl (C=O) groups is 1. The third kappa shape index (κ3) is 2.20. The van der Waals surface area contributed by atoms with Gasteiger partial charge in [0.1, 0.15) is 0 Å². The van der Waals surface area contributed by atoms with Crippen molar-refractivity contribution in [2.45, 2.75) is 22.7 Å². The van der Waals surface area contributed by atoms with Gasteiger partial charge in [0, 0.05) is 24.7 Å². The Morgan fingerprint density at radius 3 is 2.32 bits per heavy atom. The van der Waals surface area contributed by atoms with Crippen molar-refractivity contribution < 1.29 is 22.0 Å². The minimum Gasteiger partial charge on any atom is -0.328 e. The summed E-state index contributed by atoms with van der Waals surface area (Å²) in [5.74, 6) is -1.72. The number of carbonyl (C=O) groups excluding carboxylic acids is 1. The Morgan fingerprint density at radius 2 is 1.82 bits per heavy atom. The molecule has 0 aliphatic carbocycles. The van der Waals surface area contributed by atoms with E-state index in [4.69, 9.17) is 0 Å². The summed E-state index contributed by atoms with van der Waals surface area (Å²) < 4.78 is 51.6. The predicted octanol–water partition coefficient (Wildman–Crippen LogP) is 2.05. The number of nitrogens with zero attached hydrogens (tertiary/aromatic N) is 2. The molecular formula is C13H10F2N2O3S2. The van der Waals surface area contributed by atoms with Gasteiger partial charge in [0.2, 0.25) is 4.34 Å². The molecule has 0 spiro atoms. The van der Waals surface area contributed by atoms with Gasteiger partial charge in [0.05, 0.1) is 0 Å². The first-order chi connectivity index (χ1) is 10.3. The zero-order valence-electron chi connectivity index (χ0n) is 11.1. The highest BCUT2D eigenvalue weighted by Gasteiger charge is 2.57. The lowest BCUT2D eigenvalue weighted by atomic mass is 10.1. The molecule has 0 saturated heterocycles. The van der Waals surface area contributed by atoms with Crippen LogP contribution in [-0.2, 0) is 27.7 Å². The van der Waals surface area contributed by atoms with E-state index < -0.39 is 25.3 Å². The molecule has 116 valence electrons. The van der Waals surface area contributed by atoms with Crippen LogP contribution in [0.15, 0.2) is 40.2 Å². The molecule has 0 atom stereocenters. The second-order valence-electron chi connectivity index (χ2n) is 4.75. The molecule has 2 heterocycles. The van der Waals surface area contributed by atoms with Gasteiger partial charge in [-0.15, -0.1) is 11.3 Å². The lowest BCUT2D eigenvalue weighted by Gasteiger charge is -2.21. The Hall–Kier alpha value is -1.87. The van der Waals surface area contributed by atoms with E-state index in [2.05, 4.69) is 4.98 Å². The van der Waals surface area contributed by atoms with Crippen molar-refractivity contribution >= 4 is 27.1 Å². The molecule has 3 rings (SSSR count). The molecule has 0 N–H and O–H groups in total. The van der Waals surface area contributed by atoms with E-state index in [-0.39, 0.29) is 13.1 Å². The van der Waals surface area contributed by atoms with Crippen molar-refractivity contribution in [1.29, 1.82) is 0 Å². The lowest BCUT2D eigenvalue weighted by molar-refractivity contribution is -0.147. The number of amides is 1. The summed E-state index contributed by atoms with van der Waals surface area (Å²) in [6.07, 6.45) is 1.10. The van der Waals surface area contributed by atoms with E-state index >= 15 is 0 Å². The summed E-state index contributed by atoms with van der Waals surface area (Å²) in [5, 5.41) is -3.27. The van der Waals surface area contributed by atoms with Crippen LogP contribution in [0.5, 0.6) is 0 Å². The van der Waals surface area contributed by atoms with Crippen molar-refractivity contribution in [1.82, 2.24) is 9.88 Å². The first kappa shape index (κ1) is 15.0. The number of sulfone groups is 1. The fraction of sp³-hybridized carbons (Fsp3) is 0.231. The van der Waals surface area contributed by atoms with E-state index in [0.29, 0.717) is 11.3 Å². The molecule has 0 saturated carbocycles. The minimum atomic E-state index is -5.14. The summed E-state index contributed by atoms with van der Waals surface area (Å²) in [7, 11) is -5.14. The number of hydrogen-bond acceptors (Lipinski definition) is 5. The molecule has 1 aliphatic rings. The first-order valence-corrected chi connectivity index (χ1v) is 8.58. The highest BCUT2D eigenvalue weighted by molar-refractivity contribution is 7.95. The maximum atomic E-state index is 14.2. The number of benzene rings is 1. The predicted molar refractivity (Wildman–Crippen MR) is 74.9 cm³/mol.